The standard InChI is InChI=1S/C21H22Br2N4O4S/c1-14-4-6-18(7-5-14)32(29,30)31-9-8-27-13-19(25-26-27)21(2,3)24-20(28)15-10-16(22)12-17(23)11-15/h4-7,10-13H,8-9H2,1-3H3,(H,24,28). The van der Waals surface area contributed by atoms with Crippen molar-refractivity contribution in [2.24, 2.45) is 0 Å². The van der Waals surface area contributed by atoms with Crippen LogP contribution in [-0.4, -0.2) is 35.9 Å². The van der Waals surface area contributed by atoms with E-state index in [1.54, 1.807) is 30.5 Å². The van der Waals surface area contributed by atoms with Gasteiger partial charge in [-0.25, -0.2) is 4.68 Å². The van der Waals surface area contributed by atoms with Crippen LogP contribution in [0.4, 0.5) is 0 Å². The average Bonchev–Trinajstić information content (AvgIpc) is 3.17. The Morgan fingerprint density at radius 3 is 2.38 bits per heavy atom. The minimum atomic E-state index is -3.85. The Kier molecular flexibility index (Phi) is 7.53. The fraction of sp³-hybridized carbons (Fsp3) is 0.286. The van der Waals surface area contributed by atoms with Gasteiger partial charge in [0.15, 0.2) is 0 Å². The van der Waals surface area contributed by atoms with E-state index < -0.39 is 15.7 Å². The summed E-state index contributed by atoms with van der Waals surface area (Å²) in [5.74, 6) is -0.265. The van der Waals surface area contributed by atoms with E-state index >= 15 is 0 Å². The molecule has 0 saturated carbocycles. The lowest BCUT2D eigenvalue weighted by Gasteiger charge is -2.23. The summed E-state index contributed by atoms with van der Waals surface area (Å²) < 4.78 is 32.7. The van der Waals surface area contributed by atoms with Gasteiger partial charge in [-0.2, -0.15) is 8.42 Å². The van der Waals surface area contributed by atoms with Crippen LogP contribution < -0.4 is 5.32 Å². The molecular weight excluding hydrogens is 564 g/mol. The Morgan fingerprint density at radius 2 is 1.75 bits per heavy atom. The van der Waals surface area contributed by atoms with Gasteiger partial charge in [-0.1, -0.05) is 54.8 Å². The smallest absolute Gasteiger partial charge is 0.297 e. The van der Waals surface area contributed by atoms with Crippen molar-refractivity contribution < 1.29 is 17.4 Å². The highest BCUT2D eigenvalue weighted by Crippen LogP contribution is 2.22. The molecule has 0 fully saturated rings. The zero-order valence-electron chi connectivity index (χ0n) is 17.7. The van der Waals surface area contributed by atoms with Crippen molar-refractivity contribution in [1.29, 1.82) is 0 Å². The molecule has 0 saturated heterocycles. The fourth-order valence-electron chi connectivity index (χ4n) is 2.81. The Morgan fingerprint density at radius 1 is 1.12 bits per heavy atom. The maximum absolute atomic E-state index is 12.7. The number of carbonyl (C=O) groups is 1. The van der Waals surface area contributed by atoms with E-state index in [4.69, 9.17) is 4.18 Å². The number of nitrogens with zero attached hydrogens (tertiary/aromatic N) is 3. The summed E-state index contributed by atoms with van der Waals surface area (Å²) in [6.45, 7) is 5.58. The van der Waals surface area contributed by atoms with Gasteiger partial charge in [0.25, 0.3) is 16.0 Å². The molecule has 0 atom stereocenters. The molecule has 0 radical (unpaired) electrons. The van der Waals surface area contributed by atoms with Crippen molar-refractivity contribution in [2.75, 3.05) is 6.61 Å². The fourth-order valence-corrected chi connectivity index (χ4v) is 5.01. The molecule has 0 aliphatic carbocycles. The number of hydrogen-bond donors (Lipinski definition) is 1. The van der Waals surface area contributed by atoms with Gasteiger partial charge in [-0.15, -0.1) is 5.10 Å². The lowest BCUT2D eigenvalue weighted by atomic mass is 10.0. The molecule has 1 amide bonds. The molecule has 0 aliphatic rings. The topological polar surface area (TPSA) is 103 Å². The first kappa shape index (κ1) is 24.6. The van der Waals surface area contributed by atoms with Gasteiger partial charge in [0, 0.05) is 14.5 Å². The van der Waals surface area contributed by atoms with E-state index in [9.17, 15) is 13.2 Å². The van der Waals surface area contributed by atoms with Crippen LogP contribution in [0.15, 0.2) is 62.5 Å². The number of carbonyl (C=O) groups excluding carboxylic acids is 1. The zero-order valence-corrected chi connectivity index (χ0v) is 21.7. The Labute approximate surface area is 203 Å². The van der Waals surface area contributed by atoms with Crippen molar-refractivity contribution in [3.63, 3.8) is 0 Å². The van der Waals surface area contributed by atoms with Crippen LogP contribution in [0.3, 0.4) is 0 Å². The first-order chi connectivity index (χ1) is 15.0. The molecule has 1 heterocycles. The van der Waals surface area contributed by atoms with Gasteiger partial charge in [0.2, 0.25) is 0 Å². The second kappa shape index (κ2) is 9.82. The number of halogens is 2. The van der Waals surface area contributed by atoms with E-state index in [1.165, 1.54) is 16.8 Å². The predicted molar refractivity (Wildman–Crippen MR) is 127 cm³/mol. The van der Waals surface area contributed by atoms with Gasteiger partial charge in [-0.3, -0.25) is 8.98 Å². The van der Waals surface area contributed by atoms with Gasteiger partial charge in [0.1, 0.15) is 5.69 Å². The van der Waals surface area contributed by atoms with Crippen molar-refractivity contribution in [1.82, 2.24) is 20.3 Å². The Balaban J connectivity index is 1.61. The van der Waals surface area contributed by atoms with Crippen LogP contribution >= 0.6 is 31.9 Å². The highest BCUT2D eigenvalue weighted by atomic mass is 79.9. The third-order valence-corrected chi connectivity index (χ3v) is 6.84. The SMILES string of the molecule is Cc1ccc(S(=O)(=O)OCCn2cc(C(C)(C)NC(=O)c3cc(Br)cc(Br)c3)nn2)cc1. The first-order valence-corrected chi connectivity index (χ1v) is 12.6. The normalized spacial score (nSPS) is 12.0. The second-order valence-electron chi connectivity index (χ2n) is 7.69. The number of benzene rings is 2. The predicted octanol–water partition coefficient (Wildman–Crippen LogP) is 4.18. The zero-order chi connectivity index (χ0) is 23.5. The molecule has 3 rings (SSSR count). The lowest BCUT2D eigenvalue weighted by Crippen LogP contribution is -2.41. The van der Waals surface area contributed by atoms with Gasteiger partial charge < -0.3 is 5.32 Å². The van der Waals surface area contributed by atoms with Crippen LogP contribution in [0.25, 0.3) is 0 Å². The van der Waals surface area contributed by atoms with E-state index in [0.717, 1.165) is 14.5 Å². The van der Waals surface area contributed by atoms with Crippen LogP contribution in [0, 0.1) is 6.92 Å². The van der Waals surface area contributed by atoms with E-state index in [0.29, 0.717) is 11.3 Å². The minimum Gasteiger partial charge on any atom is -0.341 e. The maximum atomic E-state index is 12.7. The van der Waals surface area contributed by atoms with Crippen molar-refractivity contribution in [2.45, 2.75) is 37.8 Å². The summed E-state index contributed by atoms with van der Waals surface area (Å²) in [5.41, 5.74) is 1.17. The molecule has 0 aliphatic heterocycles. The molecule has 170 valence electrons. The molecule has 0 bridgehead atoms. The molecule has 3 aromatic rings. The number of nitrogens with one attached hydrogen (secondary N) is 1. The summed E-state index contributed by atoms with van der Waals surface area (Å²) in [4.78, 5) is 12.8. The Hall–Kier alpha value is -2.08. The van der Waals surface area contributed by atoms with Gasteiger partial charge in [-0.05, 0) is 51.1 Å². The molecule has 1 N–H and O–H groups in total. The highest BCUT2D eigenvalue weighted by Gasteiger charge is 2.27. The second-order valence-corrected chi connectivity index (χ2v) is 11.1. The van der Waals surface area contributed by atoms with Crippen LogP contribution in [0.1, 0.15) is 35.5 Å². The molecular formula is C21H22Br2N4O4S. The van der Waals surface area contributed by atoms with Crippen molar-refractivity contribution in [3.8, 4) is 0 Å². The highest BCUT2D eigenvalue weighted by molar-refractivity contribution is 9.11. The number of rotatable bonds is 8. The van der Waals surface area contributed by atoms with Crippen LogP contribution in [-0.2, 0) is 26.4 Å². The first-order valence-electron chi connectivity index (χ1n) is 9.62. The Bertz CT molecular complexity index is 1200. The number of amides is 1. The summed E-state index contributed by atoms with van der Waals surface area (Å²) in [5, 5.41) is 11.1. The molecule has 0 spiro atoms. The lowest BCUT2D eigenvalue weighted by molar-refractivity contribution is 0.0910. The van der Waals surface area contributed by atoms with E-state index in [-0.39, 0.29) is 24.0 Å². The van der Waals surface area contributed by atoms with E-state index in [2.05, 4.69) is 47.5 Å². The van der Waals surface area contributed by atoms with Crippen molar-refractivity contribution >= 4 is 47.9 Å². The third-order valence-electron chi connectivity index (χ3n) is 4.60. The van der Waals surface area contributed by atoms with Gasteiger partial charge >= 0.3 is 0 Å². The average molecular weight is 586 g/mol. The number of hydrogen-bond acceptors (Lipinski definition) is 6. The van der Waals surface area contributed by atoms with Crippen LogP contribution in [0.5, 0.6) is 0 Å². The summed E-state index contributed by atoms with van der Waals surface area (Å²) >= 11 is 6.75. The number of aromatic nitrogens is 3. The molecule has 0 unspecified atom stereocenters. The minimum absolute atomic E-state index is 0.0993. The number of aryl methyl sites for hydroxylation is 1. The third kappa shape index (κ3) is 6.25. The summed E-state index contributed by atoms with van der Waals surface area (Å²) in [6, 6.07) is 11.7. The molecule has 8 nitrogen and oxygen atoms in total. The molecule has 11 heteroatoms. The van der Waals surface area contributed by atoms with Crippen LogP contribution in [0.2, 0.25) is 0 Å². The molecule has 32 heavy (non-hydrogen) atoms. The summed E-state index contributed by atoms with van der Waals surface area (Å²) in [6.07, 6.45) is 1.65. The van der Waals surface area contributed by atoms with Gasteiger partial charge in [0.05, 0.1) is 29.8 Å². The molecule has 2 aromatic carbocycles. The molecule has 1 aromatic heterocycles. The maximum Gasteiger partial charge on any atom is 0.297 e. The van der Waals surface area contributed by atoms with Crippen molar-refractivity contribution in [3.05, 3.63) is 74.4 Å². The van der Waals surface area contributed by atoms with E-state index in [1.807, 2.05) is 26.8 Å². The monoisotopic (exact) mass is 584 g/mol. The largest absolute Gasteiger partial charge is 0.341 e. The quantitative estimate of drug-likeness (QED) is 0.398. The summed E-state index contributed by atoms with van der Waals surface area (Å²) in [7, 11) is -3.85.